The summed E-state index contributed by atoms with van der Waals surface area (Å²) in [5.74, 6) is 0. The first-order valence-electron chi connectivity index (χ1n) is 9.25. The lowest BCUT2D eigenvalue weighted by Crippen LogP contribution is -2.32. The van der Waals surface area contributed by atoms with E-state index < -0.39 is 8.32 Å². The number of fused-ring (bicyclic) bond motifs is 1. The van der Waals surface area contributed by atoms with Crippen molar-refractivity contribution in [3.8, 4) is 0 Å². The van der Waals surface area contributed by atoms with Crippen LogP contribution < -0.4 is 4.90 Å². The van der Waals surface area contributed by atoms with Gasteiger partial charge in [0.1, 0.15) is 6.73 Å². The summed E-state index contributed by atoms with van der Waals surface area (Å²) in [6.45, 7) is 11.1. The zero-order chi connectivity index (χ0) is 19.2. The maximum absolute atomic E-state index is 7.79. The minimum absolute atomic E-state index is 0.421. The molecular formula is C21H28N2OSi. The van der Waals surface area contributed by atoms with Crippen molar-refractivity contribution >= 4 is 30.6 Å². The van der Waals surface area contributed by atoms with Crippen molar-refractivity contribution < 1.29 is 5.80 Å². The van der Waals surface area contributed by atoms with E-state index in [2.05, 4.69) is 53.8 Å². The average molecular weight is 354 g/mol. The number of rotatable bonds is 5. The van der Waals surface area contributed by atoms with Gasteiger partial charge in [-0.25, -0.2) is 0 Å². The third kappa shape index (κ3) is 5.41. The van der Waals surface area contributed by atoms with Gasteiger partial charge in [-0.05, 0) is 56.0 Å². The van der Waals surface area contributed by atoms with Crippen molar-refractivity contribution in [3.05, 3.63) is 66.8 Å². The monoisotopic (exact) mass is 353 g/mol. The summed E-state index contributed by atoms with van der Waals surface area (Å²) in [6.07, 6.45) is 1.57. The highest BCUT2D eigenvalue weighted by molar-refractivity contribution is 6.69. The molecule has 0 aliphatic carbocycles. The van der Waals surface area contributed by atoms with Crippen LogP contribution in [0.25, 0.3) is 10.9 Å². The molecule has 3 nitrogen and oxygen atoms in total. The van der Waals surface area contributed by atoms with Crippen molar-refractivity contribution in [1.29, 1.82) is 0 Å². The molecule has 0 aliphatic rings. The molecule has 2 aromatic carbocycles. The molecule has 25 heavy (non-hydrogen) atoms. The second-order valence-electron chi connectivity index (χ2n) is 6.46. The van der Waals surface area contributed by atoms with E-state index in [0.29, 0.717) is 12.8 Å². The van der Waals surface area contributed by atoms with Gasteiger partial charge in [0.05, 0.1) is 6.89 Å². The number of para-hydroxylation sites is 1. The van der Waals surface area contributed by atoms with Crippen LogP contribution in [0.5, 0.6) is 0 Å². The molecule has 0 bridgehead atoms. The van der Waals surface area contributed by atoms with E-state index in [0.717, 1.165) is 22.3 Å². The second-order valence-corrected chi connectivity index (χ2v) is 11.0. The molecule has 0 atom stereocenters. The standard InChI is InChI=1S/C19H22N2OSi.C2H6/c1-23(2,3)22-15-21(17-9-5-4-6-10-17)18-11-12-19-16(14-18)8-7-13-20-19;1-2/h4-14H,15H2,1-3H3;1-2H3/i7D;. The molecule has 132 valence electrons. The van der Waals surface area contributed by atoms with Crippen LogP contribution in [0.1, 0.15) is 15.2 Å². The predicted octanol–water partition coefficient (Wildman–Crippen LogP) is 6.21. The summed E-state index contributed by atoms with van der Waals surface area (Å²) >= 11 is 0. The Bertz CT molecular complexity index is 834. The van der Waals surface area contributed by atoms with Crippen molar-refractivity contribution in [2.45, 2.75) is 33.5 Å². The Morgan fingerprint density at radius 3 is 2.40 bits per heavy atom. The van der Waals surface area contributed by atoms with E-state index in [1.807, 2.05) is 44.2 Å². The van der Waals surface area contributed by atoms with Gasteiger partial charge in [0.2, 0.25) is 0 Å². The van der Waals surface area contributed by atoms with Crippen LogP contribution in [-0.2, 0) is 4.43 Å². The van der Waals surface area contributed by atoms with Gasteiger partial charge in [-0.3, -0.25) is 4.98 Å². The Hall–Kier alpha value is -2.17. The Morgan fingerprint density at radius 1 is 1.00 bits per heavy atom. The quantitative estimate of drug-likeness (QED) is 0.403. The van der Waals surface area contributed by atoms with Gasteiger partial charge in [-0.15, -0.1) is 0 Å². The van der Waals surface area contributed by atoms with Gasteiger partial charge in [-0.2, -0.15) is 0 Å². The summed E-state index contributed by atoms with van der Waals surface area (Å²) in [5, 5.41) is 0.967. The molecule has 4 heteroatoms. The highest BCUT2D eigenvalue weighted by Crippen LogP contribution is 2.28. The molecule has 0 N–H and O–H groups in total. The lowest BCUT2D eigenvalue weighted by atomic mass is 10.2. The van der Waals surface area contributed by atoms with E-state index in [4.69, 9.17) is 5.80 Å². The Balaban J connectivity index is 0.00000117. The van der Waals surface area contributed by atoms with Gasteiger partial charge < -0.3 is 9.33 Å². The maximum atomic E-state index is 7.79. The van der Waals surface area contributed by atoms with Gasteiger partial charge in [0, 0.05) is 23.0 Å². The van der Waals surface area contributed by atoms with Crippen LogP contribution in [0.4, 0.5) is 11.4 Å². The highest BCUT2D eigenvalue weighted by Gasteiger charge is 2.18. The molecule has 0 saturated carbocycles. The summed E-state index contributed by atoms with van der Waals surface area (Å²) < 4.78 is 13.9. The predicted molar refractivity (Wildman–Crippen MR) is 111 cm³/mol. The smallest absolute Gasteiger partial charge is 0.186 e. The highest BCUT2D eigenvalue weighted by atomic mass is 28.4. The van der Waals surface area contributed by atoms with Crippen LogP contribution in [0.15, 0.2) is 66.8 Å². The van der Waals surface area contributed by atoms with E-state index >= 15 is 0 Å². The topological polar surface area (TPSA) is 25.4 Å². The molecule has 0 aliphatic heterocycles. The zero-order valence-corrected chi connectivity index (χ0v) is 16.8. The SMILES string of the molecule is CC.[2H]c1cnc2ccc(N(CO[Si](C)(C)C)c3ccccc3)cc2c1. The number of hydrogen-bond acceptors (Lipinski definition) is 3. The number of pyridine rings is 1. The number of aromatic nitrogens is 1. The Kier molecular flexibility index (Phi) is 6.20. The second kappa shape index (κ2) is 8.79. The largest absolute Gasteiger partial charge is 0.400 e. The van der Waals surface area contributed by atoms with Crippen LogP contribution in [0.3, 0.4) is 0 Å². The summed E-state index contributed by atoms with van der Waals surface area (Å²) in [5.41, 5.74) is 3.03. The van der Waals surface area contributed by atoms with Crippen LogP contribution in [-0.4, -0.2) is 20.0 Å². The molecule has 0 fully saturated rings. The fourth-order valence-corrected chi connectivity index (χ4v) is 2.86. The fraction of sp³-hybridized carbons (Fsp3) is 0.286. The molecule has 3 rings (SSSR count). The average Bonchev–Trinajstić information content (AvgIpc) is 2.63. The molecular weight excluding hydrogens is 324 g/mol. The third-order valence-electron chi connectivity index (χ3n) is 3.53. The van der Waals surface area contributed by atoms with E-state index in [9.17, 15) is 0 Å². The molecule has 0 unspecified atom stereocenters. The molecule has 3 aromatic rings. The summed E-state index contributed by atoms with van der Waals surface area (Å²) in [7, 11) is -1.63. The van der Waals surface area contributed by atoms with Gasteiger partial charge >= 0.3 is 0 Å². The third-order valence-corrected chi connectivity index (χ3v) is 4.53. The maximum Gasteiger partial charge on any atom is 0.186 e. The first-order chi connectivity index (χ1) is 12.4. The summed E-state index contributed by atoms with van der Waals surface area (Å²) in [6, 6.07) is 18.6. The van der Waals surface area contributed by atoms with Crippen molar-refractivity contribution in [1.82, 2.24) is 4.98 Å². The van der Waals surface area contributed by atoms with Crippen molar-refractivity contribution in [2.75, 3.05) is 11.6 Å². The van der Waals surface area contributed by atoms with Gasteiger partial charge in [-0.1, -0.05) is 38.1 Å². The molecule has 0 radical (unpaired) electrons. The molecule has 0 amide bonds. The van der Waals surface area contributed by atoms with Crippen molar-refractivity contribution in [3.63, 3.8) is 0 Å². The normalized spacial score (nSPS) is 11.5. The number of hydrogen-bond donors (Lipinski definition) is 0. The molecule has 1 aromatic heterocycles. The first-order valence-corrected chi connectivity index (χ1v) is 12.2. The molecule has 0 spiro atoms. The van der Waals surface area contributed by atoms with E-state index in [1.54, 1.807) is 6.20 Å². The lowest BCUT2D eigenvalue weighted by molar-refractivity contribution is 0.321. The Labute approximate surface area is 153 Å². The summed E-state index contributed by atoms with van der Waals surface area (Å²) in [4.78, 5) is 6.47. The minimum Gasteiger partial charge on any atom is -0.400 e. The lowest BCUT2D eigenvalue weighted by Gasteiger charge is -2.29. The zero-order valence-electron chi connectivity index (χ0n) is 16.8. The Morgan fingerprint density at radius 2 is 1.72 bits per heavy atom. The van der Waals surface area contributed by atoms with Crippen LogP contribution in [0, 0.1) is 0 Å². The van der Waals surface area contributed by atoms with Crippen molar-refractivity contribution in [2.24, 2.45) is 0 Å². The first kappa shape index (κ1) is 17.6. The van der Waals surface area contributed by atoms with Gasteiger partial charge in [0.25, 0.3) is 0 Å². The minimum atomic E-state index is -1.63. The molecule has 0 saturated heterocycles. The number of benzene rings is 2. The number of nitrogens with zero attached hydrogens (tertiary/aromatic N) is 2. The fourth-order valence-electron chi connectivity index (χ4n) is 2.34. The van der Waals surface area contributed by atoms with Crippen LogP contribution >= 0.6 is 0 Å². The number of anilines is 2. The van der Waals surface area contributed by atoms with E-state index in [-0.39, 0.29) is 0 Å². The molecule has 1 heterocycles. The van der Waals surface area contributed by atoms with E-state index in [1.165, 1.54) is 0 Å². The van der Waals surface area contributed by atoms with Crippen LogP contribution in [0.2, 0.25) is 19.6 Å². The van der Waals surface area contributed by atoms with Gasteiger partial charge in [0.15, 0.2) is 8.32 Å².